The maximum atomic E-state index is 9.84. The highest BCUT2D eigenvalue weighted by Gasteiger charge is 2.54. The molecule has 2 bridgehead atoms. The largest absolute Gasteiger partial charge is 0.483 e. The third-order valence-electron chi connectivity index (χ3n) is 5.24. The van der Waals surface area contributed by atoms with Crippen LogP contribution in [0.5, 0.6) is 0 Å². The minimum absolute atomic E-state index is 0.128. The van der Waals surface area contributed by atoms with Gasteiger partial charge in [-0.25, -0.2) is 9.97 Å². The van der Waals surface area contributed by atoms with Crippen LogP contribution in [0.2, 0.25) is 0 Å². The summed E-state index contributed by atoms with van der Waals surface area (Å²) in [6, 6.07) is 1.16. The first kappa shape index (κ1) is 18.2. The molecular weight excluding hydrogens is 314 g/mol. The summed E-state index contributed by atoms with van der Waals surface area (Å²) < 4.78 is 0. The summed E-state index contributed by atoms with van der Waals surface area (Å²) in [4.78, 5) is 19.7. The van der Waals surface area contributed by atoms with Gasteiger partial charge in [-0.3, -0.25) is 9.69 Å². The van der Waals surface area contributed by atoms with Crippen LogP contribution in [0.25, 0.3) is 0 Å². The van der Waals surface area contributed by atoms with Crippen LogP contribution in [0.3, 0.4) is 0 Å². The third kappa shape index (κ3) is 3.67. The molecule has 2 N–H and O–H groups in total. The summed E-state index contributed by atoms with van der Waals surface area (Å²) in [7, 11) is 0. The number of fused-ring (bicyclic) bond motifs is 2. The van der Waals surface area contributed by atoms with Gasteiger partial charge < -0.3 is 10.2 Å². The summed E-state index contributed by atoms with van der Waals surface area (Å²) in [5, 5.41) is 17.6. The van der Waals surface area contributed by atoms with Crippen molar-refractivity contribution in [1.29, 1.82) is 0 Å². The molecule has 1 aromatic heterocycles. The summed E-state index contributed by atoms with van der Waals surface area (Å²) in [5.74, 6) is 0. The van der Waals surface area contributed by atoms with Crippen molar-refractivity contribution in [1.82, 2.24) is 14.9 Å². The van der Waals surface area contributed by atoms with E-state index in [2.05, 4.69) is 21.8 Å². The molecule has 2 fully saturated rings. The molecule has 0 aliphatic carbocycles. The van der Waals surface area contributed by atoms with Crippen molar-refractivity contribution in [3.8, 4) is 0 Å². The van der Waals surface area contributed by atoms with Crippen molar-refractivity contribution in [2.75, 3.05) is 12.9 Å². The van der Waals surface area contributed by atoms with E-state index in [0.29, 0.717) is 18.7 Å². The Bertz CT molecular complexity index is 508. The van der Waals surface area contributed by atoms with Crippen LogP contribution < -0.4 is 0 Å². The Morgan fingerprint density at radius 1 is 1.43 bits per heavy atom. The molecule has 0 radical (unpaired) electrons. The van der Waals surface area contributed by atoms with Crippen molar-refractivity contribution < 1.29 is 15.0 Å². The maximum absolute atomic E-state index is 9.84. The Morgan fingerprint density at radius 3 is 2.57 bits per heavy atom. The lowest BCUT2D eigenvalue weighted by Gasteiger charge is -2.35. The SMILES string of the molecule is CC[C@@]1(CO)C[C@@H]2CC[C@H]1N2Cc1cnc(SC)nc1.O=CO. The predicted octanol–water partition coefficient (Wildman–Crippen LogP) is 2.02. The minimum atomic E-state index is -0.250. The molecular formula is C16H25N3O3S. The Balaban J connectivity index is 0.000000595. The smallest absolute Gasteiger partial charge is 0.290 e. The number of thioether (sulfide) groups is 1. The van der Waals surface area contributed by atoms with Gasteiger partial charge >= 0.3 is 0 Å². The van der Waals surface area contributed by atoms with E-state index in [4.69, 9.17) is 9.90 Å². The van der Waals surface area contributed by atoms with Crippen molar-refractivity contribution in [3.05, 3.63) is 18.0 Å². The van der Waals surface area contributed by atoms with Gasteiger partial charge in [0.1, 0.15) is 0 Å². The highest BCUT2D eigenvalue weighted by atomic mass is 32.2. The molecule has 3 heterocycles. The number of carboxylic acid groups (broad SMARTS) is 1. The molecule has 0 aromatic carbocycles. The van der Waals surface area contributed by atoms with E-state index in [9.17, 15) is 5.11 Å². The second-order valence-corrected chi connectivity index (χ2v) is 6.95. The molecule has 2 aliphatic rings. The van der Waals surface area contributed by atoms with E-state index in [1.807, 2.05) is 18.6 Å². The van der Waals surface area contributed by atoms with Gasteiger partial charge in [-0.05, 0) is 31.9 Å². The van der Waals surface area contributed by atoms with Gasteiger partial charge in [0.2, 0.25) is 0 Å². The average molecular weight is 339 g/mol. The second kappa shape index (κ2) is 8.08. The molecule has 0 unspecified atom stereocenters. The molecule has 7 heteroatoms. The zero-order chi connectivity index (χ0) is 16.9. The lowest BCUT2D eigenvalue weighted by Crippen LogP contribution is -2.39. The molecule has 128 valence electrons. The molecule has 3 atom stereocenters. The molecule has 0 amide bonds. The Labute approximate surface area is 141 Å². The minimum Gasteiger partial charge on any atom is -0.483 e. The van der Waals surface area contributed by atoms with Crippen molar-refractivity contribution in [2.45, 2.75) is 56.4 Å². The molecule has 1 aromatic rings. The zero-order valence-electron chi connectivity index (χ0n) is 13.7. The Morgan fingerprint density at radius 2 is 2.09 bits per heavy atom. The van der Waals surface area contributed by atoms with Crippen LogP contribution in [-0.4, -0.2) is 56.5 Å². The number of nitrogens with zero attached hydrogens (tertiary/aromatic N) is 3. The fourth-order valence-corrected chi connectivity index (χ4v) is 4.38. The number of aromatic nitrogens is 2. The number of carbonyl (C=O) groups is 1. The quantitative estimate of drug-likeness (QED) is 0.482. The maximum Gasteiger partial charge on any atom is 0.290 e. The van der Waals surface area contributed by atoms with Crippen LogP contribution in [0.15, 0.2) is 17.6 Å². The first-order valence-electron chi connectivity index (χ1n) is 7.93. The van der Waals surface area contributed by atoms with Gasteiger partial charge in [0.15, 0.2) is 5.16 Å². The second-order valence-electron chi connectivity index (χ2n) is 6.18. The molecule has 2 saturated heterocycles. The lowest BCUT2D eigenvalue weighted by molar-refractivity contribution is -0.122. The van der Waals surface area contributed by atoms with E-state index in [1.165, 1.54) is 18.4 Å². The monoisotopic (exact) mass is 339 g/mol. The van der Waals surface area contributed by atoms with Crippen LogP contribution in [-0.2, 0) is 11.3 Å². The van der Waals surface area contributed by atoms with Crippen molar-refractivity contribution >= 4 is 18.2 Å². The van der Waals surface area contributed by atoms with E-state index in [0.717, 1.165) is 24.5 Å². The lowest BCUT2D eigenvalue weighted by atomic mass is 9.72. The third-order valence-corrected chi connectivity index (χ3v) is 5.82. The topological polar surface area (TPSA) is 86.5 Å². The molecule has 3 rings (SSSR count). The highest BCUT2D eigenvalue weighted by Crippen LogP contribution is 2.51. The van der Waals surface area contributed by atoms with Crippen molar-refractivity contribution in [2.24, 2.45) is 5.41 Å². The van der Waals surface area contributed by atoms with Crippen LogP contribution in [0.4, 0.5) is 0 Å². The zero-order valence-corrected chi connectivity index (χ0v) is 14.5. The number of aliphatic hydroxyl groups excluding tert-OH is 1. The van der Waals surface area contributed by atoms with Gasteiger partial charge in [-0.1, -0.05) is 18.7 Å². The predicted molar refractivity (Wildman–Crippen MR) is 89.3 cm³/mol. The standard InChI is InChI=1S/C15H23N3OS.CH2O2/c1-3-15(10-19)6-12-4-5-13(15)18(12)9-11-7-16-14(20-2)17-8-11;2-1-3/h7-8,12-13,19H,3-6,9-10H2,1-2H3;1H,(H,2,3)/t12-,13+,15-;/m0./s1. The molecule has 2 aliphatic heterocycles. The van der Waals surface area contributed by atoms with Crippen LogP contribution >= 0.6 is 11.8 Å². The fourth-order valence-electron chi connectivity index (χ4n) is 4.06. The summed E-state index contributed by atoms with van der Waals surface area (Å²) >= 11 is 1.57. The van der Waals surface area contributed by atoms with Crippen molar-refractivity contribution in [3.63, 3.8) is 0 Å². The molecule has 0 spiro atoms. The van der Waals surface area contributed by atoms with E-state index in [-0.39, 0.29) is 11.9 Å². The average Bonchev–Trinajstić information content (AvgIpc) is 3.11. The van der Waals surface area contributed by atoms with E-state index < -0.39 is 0 Å². The summed E-state index contributed by atoms with van der Waals surface area (Å²) in [5.41, 5.74) is 1.31. The Kier molecular flexibility index (Phi) is 6.38. The normalized spacial score (nSPS) is 29.2. The molecule has 0 saturated carbocycles. The number of rotatable bonds is 5. The summed E-state index contributed by atoms with van der Waals surface area (Å²) in [6.07, 6.45) is 10.6. The Hall–Kier alpha value is -1.18. The highest BCUT2D eigenvalue weighted by molar-refractivity contribution is 7.98. The number of aliphatic hydroxyl groups is 1. The first-order valence-corrected chi connectivity index (χ1v) is 9.16. The van der Waals surface area contributed by atoms with Gasteiger partial charge in [0.25, 0.3) is 6.47 Å². The molecule has 23 heavy (non-hydrogen) atoms. The van der Waals surface area contributed by atoms with Gasteiger partial charge in [0.05, 0.1) is 6.61 Å². The van der Waals surface area contributed by atoms with Gasteiger partial charge in [-0.2, -0.15) is 0 Å². The van der Waals surface area contributed by atoms with E-state index >= 15 is 0 Å². The number of hydrogen-bond donors (Lipinski definition) is 2. The summed E-state index contributed by atoms with van der Waals surface area (Å²) in [6.45, 7) is 3.21. The van der Waals surface area contributed by atoms with Gasteiger partial charge in [-0.15, -0.1) is 0 Å². The van der Waals surface area contributed by atoms with Crippen LogP contribution in [0.1, 0.15) is 38.2 Å². The van der Waals surface area contributed by atoms with Gasteiger partial charge in [0, 0.05) is 42.0 Å². The first-order chi connectivity index (χ1) is 11.1. The van der Waals surface area contributed by atoms with Crippen LogP contribution in [0, 0.1) is 5.41 Å². The number of hydrogen-bond acceptors (Lipinski definition) is 6. The fraction of sp³-hybridized carbons (Fsp3) is 0.688. The van der Waals surface area contributed by atoms with E-state index in [1.54, 1.807) is 11.8 Å². The molecule has 6 nitrogen and oxygen atoms in total.